The molecule has 16 heavy (non-hydrogen) atoms. The van der Waals surface area contributed by atoms with Gasteiger partial charge in [-0.05, 0) is 5.56 Å². The van der Waals surface area contributed by atoms with Gasteiger partial charge in [-0.15, -0.1) is 0 Å². The van der Waals surface area contributed by atoms with Crippen LogP contribution in [0.1, 0.15) is 5.56 Å². The number of nitro groups is 1. The van der Waals surface area contributed by atoms with Gasteiger partial charge in [0, 0.05) is 12.1 Å². The van der Waals surface area contributed by atoms with Crippen LogP contribution in [0.2, 0.25) is 0 Å². The highest BCUT2D eigenvalue weighted by Crippen LogP contribution is 2.14. The topological polar surface area (TPSA) is 107 Å². The van der Waals surface area contributed by atoms with Gasteiger partial charge >= 0.3 is 0 Å². The van der Waals surface area contributed by atoms with Gasteiger partial charge in [0.25, 0.3) is 21.8 Å². The summed E-state index contributed by atoms with van der Waals surface area (Å²) in [6.07, 6.45) is 0.937. The van der Waals surface area contributed by atoms with Gasteiger partial charge in [-0.3, -0.25) is 10.1 Å². The molecule has 0 amide bonds. The fourth-order valence-corrected chi connectivity index (χ4v) is 1.81. The Bertz CT molecular complexity index is 542. The molecule has 0 heterocycles. The van der Waals surface area contributed by atoms with Crippen LogP contribution in [0.3, 0.4) is 0 Å². The number of nitrogens with zero attached hydrogens (tertiary/aromatic N) is 2. The van der Waals surface area contributed by atoms with Crippen LogP contribution < -0.4 is 0 Å². The monoisotopic (exact) mass is 242 g/mol. The van der Waals surface area contributed by atoms with Crippen molar-refractivity contribution in [3.63, 3.8) is 0 Å². The maximum absolute atomic E-state index is 11.1. The van der Waals surface area contributed by atoms with Crippen molar-refractivity contribution in [3.8, 4) is 0 Å². The Labute approximate surface area is 90.6 Å². The lowest BCUT2D eigenvalue weighted by molar-refractivity contribution is -0.384. The van der Waals surface area contributed by atoms with E-state index < -0.39 is 20.7 Å². The number of hydrogen-bond acceptors (Lipinski definition) is 5. The van der Waals surface area contributed by atoms with Gasteiger partial charge in [0.15, 0.2) is 0 Å². The Morgan fingerprint density at radius 1 is 1.31 bits per heavy atom. The van der Waals surface area contributed by atoms with Crippen LogP contribution in [0.25, 0.3) is 0 Å². The molecule has 0 fully saturated rings. The molecule has 0 aromatic heterocycles. The van der Waals surface area contributed by atoms with E-state index in [4.69, 9.17) is 0 Å². The third-order valence-corrected chi connectivity index (χ3v) is 2.72. The molecule has 1 aromatic rings. The first-order valence-electron chi connectivity index (χ1n) is 4.00. The Morgan fingerprint density at radius 2 is 1.88 bits per heavy atom. The summed E-state index contributed by atoms with van der Waals surface area (Å²) in [5.74, 6) is -0.486. The molecule has 0 N–H and O–H groups in total. The van der Waals surface area contributed by atoms with Crippen molar-refractivity contribution in [2.45, 2.75) is 5.75 Å². The SMILES string of the molecule is O=C=NS(=O)(=O)Cc1ccc([N+](=O)[O-])cc1. The zero-order valence-electron chi connectivity index (χ0n) is 7.86. The molecule has 0 spiro atoms. The number of carbonyl (C=O) groups excluding carboxylic acids is 1. The summed E-state index contributed by atoms with van der Waals surface area (Å²) in [5.41, 5.74) is 0.171. The molecule has 0 aliphatic heterocycles. The van der Waals surface area contributed by atoms with Gasteiger partial charge in [0.05, 0.1) is 10.7 Å². The minimum absolute atomic E-state index is 0.139. The molecule has 8 heteroatoms. The molecule has 84 valence electrons. The second-order valence-electron chi connectivity index (χ2n) is 2.83. The highest BCUT2D eigenvalue weighted by molar-refractivity contribution is 7.89. The molecule has 0 saturated carbocycles. The first-order chi connectivity index (χ1) is 7.44. The van der Waals surface area contributed by atoms with Gasteiger partial charge in [-0.2, -0.15) is 0 Å². The summed E-state index contributed by atoms with van der Waals surface area (Å²) < 4.78 is 24.8. The predicted octanol–water partition coefficient (Wildman–Crippen LogP) is 0.760. The fourth-order valence-electron chi connectivity index (χ4n) is 1.01. The molecule has 0 aliphatic carbocycles. The lowest BCUT2D eigenvalue weighted by atomic mass is 10.2. The first-order valence-corrected chi connectivity index (χ1v) is 5.61. The third-order valence-electron chi connectivity index (χ3n) is 1.67. The van der Waals surface area contributed by atoms with Crippen LogP contribution in [0.4, 0.5) is 5.69 Å². The number of benzene rings is 1. The van der Waals surface area contributed by atoms with E-state index in [1.54, 1.807) is 0 Å². The molecule has 0 radical (unpaired) electrons. The van der Waals surface area contributed by atoms with Crippen LogP contribution >= 0.6 is 0 Å². The van der Waals surface area contributed by atoms with E-state index in [9.17, 15) is 23.3 Å². The van der Waals surface area contributed by atoms with E-state index in [0.29, 0.717) is 5.56 Å². The third kappa shape index (κ3) is 3.26. The molecule has 0 bridgehead atoms. The molecule has 0 saturated heterocycles. The smallest absolute Gasteiger partial charge is 0.258 e. The van der Waals surface area contributed by atoms with Crippen LogP contribution in [0.5, 0.6) is 0 Å². The van der Waals surface area contributed by atoms with Crippen molar-refractivity contribution in [3.05, 3.63) is 39.9 Å². The summed E-state index contributed by atoms with van der Waals surface area (Å²) >= 11 is 0. The minimum atomic E-state index is -3.89. The number of isocyanates is 1. The van der Waals surface area contributed by atoms with E-state index in [-0.39, 0.29) is 5.69 Å². The van der Waals surface area contributed by atoms with Crippen molar-refractivity contribution in [2.24, 2.45) is 4.40 Å². The first kappa shape index (κ1) is 12.0. The van der Waals surface area contributed by atoms with Crippen molar-refractivity contribution >= 4 is 21.8 Å². The lowest BCUT2D eigenvalue weighted by Gasteiger charge is -1.97. The van der Waals surface area contributed by atoms with Crippen molar-refractivity contribution < 1.29 is 18.1 Å². The average molecular weight is 242 g/mol. The Balaban J connectivity index is 2.92. The number of non-ortho nitro benzene ring substituents is 1. The Morgan fingerprint density at radius 3 is 2.31 bits per heavy atom. The van der Waals surface area contributed by atoms with E-state index in [0.717, 1.165) is 6.08 Å². The zero-order chi connectivity index (χ0) is 12.2. The predicted molar refractivity (Wildman–Crippen MR) is 53.8 cm³/mol. The Kier molecular flexibility index (Phi) is 3.49. The van der Waals surface area contributed by atoms with Crippen LogP contribution in [0, 0.1) is 10.1 Å². The lowest BCUT2D eigenvalue weighted by Crippen LogP contribution is -2.00. The van der Waals surface area contributed by atoms with Gasteiger partial charge in [0.1, 0.15) is 0 Å². The van der Waals surface area contributed by atoms with Crippen molar-refractivity contribution in [1.82, 2.24) is 0 Å². The summed E-state index contributed by atoms with van der Waals surface area (Å²) in [7, 11) is -3.89. The van der Waals surface area contributed by atoms with Crippen LogP contribution in [-0.4, -0.2) is 19.4 Å². The molecule has 1 aromatic carbocycles. The Hall–Kier alpha value is -2.05. The number of hydrogen-bond donors (Lipinski definition) is 0. The standard InChI is InChI=1S/C8H6N2O5S/c11-6-9-16(14,15)5-7-1-3-8(4-2-7)10(12)13/h1-4H,5H2. The molecule has 7 nitrogen and oxygen atoms in total. The molecule has 1 rings (SSSR count). The van der Waals surface area contributed by atoms with E-state index in [1.165, 1.54) is 24.3 Å². The maximum atomic E-state index is 11.1. The number of sulfonamides is 1. The molecular weight excluding hydrogens is 236 g/mol. The zero-order valence-corrected chi connectivity index (χ0v) is 8.68. The second-order valence-corrected chi connectivity index (χ2v) is 4.47. The molecule has 0 aliphatic rings. The molecule has 0 atom stereocenters. The summed E-state index contributed by atoms with van der Waals surface area (Å²) in [6, 6.07) is 4.93. The van der Waals surface area contributed by atoms with Gasteiger partial charge < -0.3 is 0 Å². The summed E-state index contributed by atoms with van der Waals surface area (Å²) in [6.45, 7) is 0. The molecule has 0 unspecified atom stereocenters. The van der Waals surface area contributed by atoms with Gasteiger partial charge in [-0.1, -0.05) is 16.5 Å². The quantitative estimate of drug-likeness (QED) is 0.335. The van der Waals surface area contributed by atoms with Crippen LogP contribution in [0.15, 0.2) is 28.7 Å². The highest BCUT2D eigenvalue weighted by atomic mass is 32.2. The van der Waals surface area contributed by atoms with E-state index in [1.807, 2.05) is 0 Å². The minimum Gasteiger partial charge on any atom is -0.258 e. The van der Waals surface area contributed by atoms with E-state index in [2.05, 4.69) is 4.40 Å². The highest BCUT2D eigenvalue weighted by Gasteiger charge is 2.11. The van der Waals surface area contributed by atoms with E-state index >= 15 is 0 Å². The number of nitro benzene ring substituents is 1. The summed E-state index contributed by atoms with van der Waals surface area (Å²) in [4.78, 5) is 19.5. The van der Waals surface area contributed by atoms with Crippen LogP contribution in [-0.2, 0) is 20.6 Å². The number of rotatable bonds is 4. The normalized spacial score (nSPS) is 10.5. The molecular formula is C8H6N2O5S. The second kappa shape index (κ2) is 4.65. The van der Waals surface area contributed by atoms with Crippen molar-refractivity contribution in [2.75, 3.05) is 0 Å². The van der Waals surface area contributed by atoms with Gasteiger partial charge in [0.2, 0.25) is 0 Å². The largest absolute Gasteiger partial charge is 0.269 e. The summed E-state index contributed by atoms with van der Waals surface area (Å²) in [5, 5.41) is 10.3. The average Bonchev–Trinajstić information content (AvgIpc) is 2.17. The maximum Gasteiger partial charge on any atom is 0.269 e. The fraction of sp³-hybridized carbons (Fsp3) is 0.125. The van der Waals surface area contributed by atoms with Crippen molar-refractivity contribution in [1.29, 1.82) is 0 Å². The van der Waals surface area contributed by atoms with Gasteiger partial charge in [-0.25, -0.2) is 13.2 Å².